The Kier molecular flexibility index (Phi) is 7.56. The highest BCUT2D eigenvalue weighted by molar-refractivity contribution is 7.98. The number of hydrogen-bond donors (Lipinski definition) is 1. The smallest absolute Gasteiger partial charge is 0.273 e. The van der Waals surface area contributed by atoms with Crippen molar-refractivity contribution in [3.8, 4) is 5.75 Å². The molecule has 2 aromatic carbocycles. The summed E-state index contributed by atoms with van der Waals surface area (Å²) in [6.07, 6.45) is 0.298. The van der Waals surface area contributed by atoms with Crippen LogP contribution in [0.2, 0.25) is 10.0 Å². The van der Waals surface area contributed by atoms with Gasteiger partial charge in [-0.05, 0) is 23.8 Å². The number of anilines is 1. The van der Waals surface area contributed by atoms with Gasteiger partial charge in [0, 0.05) is 24.0 Å². The van der Waals surface area contributed by atoms with Gasteiger partial charge in [-0.15, -0.1) is 0 Å². The van der Waals surface area contributed by atoms with Gasteiger partial charge in [-0.3, -0.25) is 14.9 Å². The van der Waals surface area contributed by atoms with Crippen LogP contribution in [0.15, 0.2) is 36.4 Å². The number of non-ortho nitro benzene ring substituents is 1. The first kappa shape index (κ1) is 20.4. The highest BCUT2D eigenvalue weighted by Gasteiger charge is 2.13. The van der Waals surface area contributed by atoms with E-state index in [0.717, 1.165) is 5.56 Å². The fourth-order valence-corrected chi connectivity index (χ4v) is 3.30. The average Bonchev–Trinajstić information content (AvgIpc) is 2.61. The van der Waals surface area contributed by atoms with Crippen LogP contribution in [0.4, 0.5) is 11.4 Å². The minimum atomic E-state index is -0.520. The Bertz CT molecular complexity index is 817. The summed E-state index contributed by atoms with van der Waals surface area (Å²) in [5.74, 6) is 1.38. The lowest BCUT2D eigenvalue weighted by Gasteiger charge is -2.10. The Morgan fingerprint density at radius 3 is 2.65 bits per heavy atom. The first-order valence-corrected chi connectivity index (χ1v) is 9.45. The monoisotopic (exact) mass is 414 g/mol. The molecule has 0 fully saturated rings. The third kappa shape index (κ3) is 5.79. The number of hydrogen-bond acceptors (Lipinski definition) is 5. The van der Waals surface area contributed by atoms with E-state index < -0.39 is 4.92 Å². The molecule has 0 radical (unpaired) electrons. The molecule has 26 heavy (non-hydrogen) atoms. The zero-order valence-corrected chi connectivity index (χ0v) is 16.2. The van der Waals surface area contributed by atoms with E-state index in [4.69, 9.17) is 27.9 Å². The predicted molar refractivity (Wildman–Crippen MR) is 106 cm³/mol. The van der Waals surface area contributed by atoms with E-state index >= 15 is 0 Å². The summed E-state index contributed by atoms with van der Waals surface area (Å²) < 4.78 is 5.09. The van der Waals surface area contributed by atoms with Crippen molar-refractivity contribution in [2.24, 2.45) is 0 Å². The van der Waals surface area contributed by atoms with E-state index in [1.54, 1.807) is 23.9 Å². The molecular formula is C17H16Cl2N2O4S. The number of amides is 1. The molecule has 9 heteroatoms. The van der Waals surface area contributed by atoms with Crippen LogP contribution in [0.1, 0.15) is 12.0 Å². The molecule has 0 aromatic heterocycles. The van der Waals surface area contributed by atoms with Gasteiger partial charge >= 0.3 is 0 Å². The number of nitrogens with one attached hydrogen (secondary N) is 1. The standard InChI is InChI=1S/C17H16Cl2N2O4S/c1-25-16-9-12(21(23)24)3-5-15(16)20-17(22)6-7-26-10-11-2-4-13(18)14(19)8-11/h2-5,8-9H,6-7,10H2,1H3,(H,20,22). The quantitative estimate of drug-likeness (QED) is 0.365. The predicted octanol–water partition coefficient (Wildman–Crippen LogP) is 5.17. The van der Waals surface area contributed by atoms with E-state index in [2.05, 4.69) is 5.32 Å². The third-order valence-electron chi connectivity index (χ3n) is 3.40. The van der Waals surface area contributed by atoms with Crippen molar-refractivity contribution in [2.75, 3.05) is 18.2 Å². The number of carbonyl (C=O) groups is 1. The van der Waals surface area contributed by atoms with Gasteiger partial charge in [0.1, 0.15) is 5.75 Å². The largest absolute Gasteiger partial charge is 0.494 e. The van der Waals surface area contributed by atoms with Gasteiger partial charge in [-0.2, -0.15) is 11.8 Å². The number of benzene rings is 2. The van der Waals surface area contributed by atoms with Crippen molar-refractivity contribution in [3.63, 3.8) is 0 Å². The Morgan fingerprint density at radius 1 is 1.23 bits per heavy atom. The Labute approximate surface area is 165 Å². The van der Waals surface area contributed by atoms with Gasteiger partial charge in [0.05, 0.1) is 33.8 Å². The molecule has 2 aromatic rings. The van der Waals surface area contributed by atoms with Gasteiger partial charge < -0.3 is 10.1 Å². The third-order valence-corrected chi connectivity index (χ3v) is 5.17. The maximum Gasteiger partial charge on any atom is 0.273 e. The van der Waals surface area contributed by atoms with Crippen molar-refractivity contribution in [1.29, 1.82) is 0 Å². The Morgan fingerprint density at radius 2 is 2.00 bits per heavy atom. The molecule has 6 nitrogen and oxygen atoms in total. The molecule has 1 amide bonds. The molecule has 0 spiro atoms. The zero-order chi connectivity index (χ0) is 19.1. The number of carbonyl (C=O) groups excluding carboxylic acids is 1. The maximum atomic E-state index is 12.1. The second-order valence-electron chi connectivity index (χ2n) is 5.24. The van der Waals surface area contributed by atoms with E-state index in [0.29, 0.717) is 33.7 Å². The summed E-state index contributed by atoms with van der Waals surface area (Å²) in [5.41, 5.74) is 1.33. The number of nitrogens with zero attached hydrogens (tertiary/aromatic N) is 1. The fourth-order valence-electron chi connectivity index (χ4n) is 2.09. The van der Waals surface area contributed by atoms with Crippen molar-refractivity contribution in [2.45, 2.75) is 12.2 Å². The summed E-state index contributed by atoms with van der Waals surface area (Å²) in [4.78, 5) is 22.3. The zero-order valence-electron chi connectivity index (χ0n) is 13.8. The SMILES string of the molecule is COc1cc([N+](=O)[O-])ccc1NC(=O)CCSCc1ccc(Cl)c(Cl)c1. The average molecular weight is 415 g/mol. The molecule has 0 aliphatic heterocycles. The summed E-state index contributed by atoms with van der Waals surface area (Å²) in [7, 11) is 1.39. The van der Waals surface area contributed by atoms with Crippen LogP contribution >= 0.6 is 35.0 Å². The molecule has 0 saturated heterocycles. The molecular weight excluding hydrogens is 399 g/mol. The van der Waals surface area contributed by atoms with Gasteiger partial charge in [0.2, 0.25) is 5.91 Å². The van der Waals surface area contributed by atoms with Gasteiger partial charge in [-0.1, -0.05) is 29.3 Å². The number of ether oxygens (including phenoxy) is 1. The number of halogens is 2. The minimum absolute atomic E-state index is 0.1000. The number of methoxy groups -OCH3 is 1. The molecule has 0 bridgehead atoms. The van der Waals surface area contributed by atoms with Gasteiger partial charge in [0.25, 0.3) is 5.69 Å². The normalized spacial score (nSPS) is 10.4. The first-order valence-electron chi connectivity index (χ1n) is 7.54. The second kappa shape index (κ2) is 9.66. The first-order chi connectivity index (χ1) is 12.4. The number of thioether (sulfide) groups is 1. The second-order valence-corrected chi connectivity index (χ2v) is 7.16. The topological polar surface area (TPSA) is 81.5 Å². The van der Waals surface area contributed by atoms with Gasteiger partial charge in [0.15, 0.2) is 0 Å². The fraction of sp³-hybridized carbons (Fsp3) is 0.235. The lowest BCUT2D eigenvalue weighted by atomic mass is 10.2. The lowest BCUT2D eigenvalue weighted by molar-refractivity contribution is -0.384. The van der Waals surface area contributed by atoms with E-state index in [1.165, 1.54) is 25.3 Å². The highest BCUT2D eigenvalue weighted by atomic mass is 35.5. The molecule has 0 saturated carbocycles. The molecule has 2 rings (SSSR count). The Hall–Kier alpha value is -1.96. The van der Waals surface area contributed by atoms with Crippen LogP contribution in [0, 0.1) is 10.1 Å². The summed E-state index contributed by atoms with van der Waals surface area (Å²) in [6.45, 7) is 0. The molecule has 138 valence electrons. The highest BCUT2D eigenvalue weighted by Crippen LogP contribution is 2.29. The molecule has 0 atom stereocenters. The minimum Gasteiger partial charge on any atom is -0.494 e. The van der Waals surface area contributed by atoms with Crippen molar-refractivity contribution >= 4 is 52.2 Å². The van der Waals surface area contributed by atoms with Crippen molar-refractivity contribution in [3.05, 3.63) is 62.1 Å². The summed E-state index contributed by atoms with van der Waals surface area (Å²) in [6, 6.07) is 9.48. The van der Waals surface area contributed by atoms with Crippen LogP contribution in [0.25, 0.3) is 0 Å². The van der Waals surface area contributed by atoms with E-state index in [1.807, 2.05) is 6.07 Å². The van der Waals surface area contributed by atoms with Crippen LogP contribution in [-0.2, 0) is 10.5 Å². The molecule has 0 heterocycles. The Balaban J connectivity index is 1.83. The number of nitro groups is 1. The van der Waals surface area contributed by atoms with Crippen molar-refractivity contribution < 1.29 is 14.5 Å². The summed E-state index contributed by atoms with van der Waals surface area (Å²) >= 11 is 13.4. The van der Waals surface area contributed by atoms with Gasteiger partial charge in [-0.25, -0.2) is 0 Å². The lowest BCUT2D eigenvalue weighted by Crippen LogP contribution is -2.13. The van der Waals surface area contributed by atoms with Crippen LogP contribution < -0.4 is 10.1 Å². The van der Waals surface area contributed by atoms with Crippen LogP contribution in [-0.4, -0.2) is 23.7 Å². The van der Waals surface area contributed by atoms with E-state index in [-0.39, 0.29) is 17.3 Å². The van der Waals surface area contributed by atoms with Crippen LogP contribution in [0.3, 0.4) is 0 Å². The summed E-state index contributed by atoms with van der Waals surface area (Å²) in [5, 5.41) is 14.5. The van der Waals surface area contributed by atoms with Crippen molar-refractivity contribution in [1.82, 2.24) is 0 Å². The molecule has 0 unspecified atom stereocenters. The number of nitro benzene ring substituents is 1. The number of rotatable bonds is 8. The van der Waals surface area contributed by atoms with Crippen LogP contribution in [0.5, 0.6) is 5.75 Å². The van der Waals surface area contributed by atoms with E-state index in [9.17, 15) is 14.9 Å². The molecule has 0 aliphatic carbocycles. The maximum absolute atomic E-state index is 12.1. The molecule has 0 aliphatic rings. The molecule has 1 N–H and O–H groups in total.